The number of non-ortho nitro benzene ring substituents is 1. The van der Waals surface area contributed by atoms with E-state index in [0.717, 1.165) is 6.07 Å². The number of nitro groups is 1. The van der Waals surface area contributed by atoms with Crippen molar-refractivity contribution in [1.29, 1.82) is 0 Å². The summed E-state index contributed by atoms with van der Waals surface area (Å²) >= 11 is 5.26. The van der Waals surface area contributed by atoms with Crippen LogP contribution < -0.4 is 9.61 Å². The average molecular weight is 293 g/mol. The summed E-state index contributed by atoms with van der Waals surface area (Å²) in [5.74, 6) is -0.499. The molecule has 20 heavy (non-hydrogen) atoms. The minimum absolute atomic E-state index is 0.0157. The molecule has 0 unspecified atom stereocenters. The van der Waals surface area contributed by atoms with Gasteiger partial charge in [-0.25, -0.2) is 0 Å². The fourth-order valence-corrected chi connectivity index (χ4v) is 1.73. The number of carbonyl (C=O) groups excluding carboxylic acids is 1. The molecule has 0 aromatic heterocycles. The van der Waals surface area contributed by atoms with E-state index in [0.29, 0.717) is 5.69 Å². The van der Waals surface area contributed by atoms with E-state index >= 15 is 0 Å². The van der Waals surface area contributed by atoms with Gasteiger partial charge < -0.3 is 9.61 Å². The number of benzene rings is 2. The van der Waals surface area contributed by atoms with Crippen molar-refractivity contribution in [3.8, 4) is 5.75 Å². The largest absolute Gasteiger partial charge is 0.385 e. The number of anilines is 1. The van der Waals surface area contributed by atoms with Crippen molar-refractivity contribution in [2.24, 2.45) is 0 Å². The Balaban J connectivity index is 2.32. The maximum Gasteiger partial charge on any atom is 0.270 e. The van der Waals surface area contributed by atoms with E-state index in [-0.39, 0.29) is 17.0 Å². The van der Waals surface area contributed by atoms with Gasteiger partial charge in [-0.15, -0.1) is 0 Å². The highest BCUT2D eigenvalue weighted by atomic mass is 35.5. The van der Waals surface area contributed by atoms with Crippen LogP contribution in [0.4, 0.5) is 11.4 Å². The fourth-order valence-electron chi connectivity index (χ4n) is 1.60. The minimum Gasteiger partial charge on any atom is -0.385 e. The lowest BCUT2D eigenvalue weighted by molar-refractivity contribution is -0.384. The number of amides is 1. The Morgan fingerprint density at radius 2 is 1.90 bits per heavy atom. The van der Waals surface area contributed by atoms with Gasteiger partial charge >= 0.3 is 0 Å². The van der Waals surface area contributed by atoms with E-state index in [9.17, 15) is 14.9 Å². The SMILES string of the molecule is O=C(Nc1ccccc1)c1cc([N+](=O)[O-])ccc1OCl. The molecule has 0 saturated heterocycles. The molecule has 0 bridgehead atoms. The number of halogens is 1. The Morgan fingerprint density at radius 3 is 2.50 bits per heavy atom. The summed E-state index contributed by atoms with van der Waals surface area (Å²) in [6, 6.07) is 12.3. The third-order valence-corrected chi connectivity index (χ3v) is 2.70. The van der Waals surface area contributed by atoms with Crippen molar-refractivity contribution >= 4 is 29.1 Å². The molecule has 102 valence electrons. The highest BCUT2D eigenvalue weighted by molar-refractivity contribution is 6.11. The normalized spacial score (nSPS) is 9.85. The first-order chi connectivity index (χ1) is 9.61. The lowest BCUT2D eigenvalue weighted by Crippen LogP contribution is -2.13. The van der Waals surface area contributed by atoms with Crippen LogP contribution in [0.2, 0.25) is 0 Å². The van der Waals surface area contributed by atoms with Gasteiger partial charge in [0.25, 0.3) is 11.6 Å². The van der Waals surface area contributed by atoms with Crippen LogP contribution in [0.3, 0.4) is 0 Å². The summed E-state index contributed by atoms with van der Waals surface area (Å²) in [6.45, 7) is 0. The predicted molar refractivity (Wildman–Crippen MR) is 74.0 cm³/mol. The van der Waals surface area contributed by atoms with Crippen molar-refractivity contribution in [1.82, 2.24) is 0 Å². The Labute approximate surface area is 119 Å². The highest BCUT2D eigenvalue weighted by Gasteiger charge is 2.18. The van der Waals surface area contributed by atoms with Crippen LogP contribution in [0.25, 0.3) is 0 Å². The molecule has 2 aromatic carbocycles. The fraction of sp³-hybridized carbons (Fsp3) is 0. The zero-order chi connectivity index (χ0) is 14.5. The summed E-state index contributed by atoms with van der Waals surface area (Å²) in [5.41, 5.74) is 0.322. The van der Waals surface area contributed by atoms with Crippen LogP contribution in [-0.4, -0.2) is 10.8 Å². The molecule has 0 spiro atoms. The van der Waals surface area contributed by atoms with E-state index in [1.807, 2.05) is 0 Å². The van der Waals surface area contributed by atoms with E-state index in [4.69, 9.17) is 11.9 Å². The Morgan fingerprint density at radius 1 is 1.20 bits per heavy atom. The smallest absolute Gasteiger partial charge is 0.270 e. The van der Waals surface area contributed by atoms with Crippen LogP contribution >= 0.6 is 11.9 Å². The quantitative estimate of drug-likeness (QED) is 0.692. The number of hydrogen-bond acceptors (Lipinski definition) is 4. The molecule has 2 rings (SSSR count). The molecule has 0 saturated carbocycles. The van der Waals surface area contributed by atoms with Crippen molar-refractivity contribution in [2.45, 2.75) is 0 Å². The molecular formula is C13H9ClN2O4. The zero-order valence-corrected chi connectivity index (χ0v) is 10.8. The van der Waals surface area contributed by atoms with Gasteiger partial charge in [0, 0.05) is 17.8 Å². The van der Waals surface area contributed by atoms with Gasteiger partial charge in [0.05, 0.1) is 10.5 Å². The van der Waals surface area contributed by atoms with Gasteiger partial charge in [-0.1, -0.05) is 18.2 Å². The van der Waals surface area contributed by atoms with E-state index in [1.165, 1.54) is 12.1 Å². The number of rotatable bonds is 4. The Hall–Kier alpha value is -2.60. The predicted octanol–water partition coefficient (Wildman–Crippen LogP) is 3.38. The maximum absolute atomic E-state index is 12.1. The summed E-state index contributed by atoms with van der Waals surface area (Å²) in [4.78, 5) is 22.2. The molecule has 1 N–H and O–H groups in total. The molecule has 7 heteroatoms. The first-order valence-corrected chi connectivity index (χ1v) is 5.86. The summed E-state index contributed by atoms with van der Waals surface area (Å²) < 4.78 is 4.53. The first kappa shape index (κ1) is 13.8. The van der Waals surface area contributed by atoms with E-state index in [2.05, 4.69) is 9.61 Å². The molecule has 0 atom stereocenters. The zero-order valence-electron chi connectivity index (χ0n) is 10.1. The number of para-hydroxylation sites is 1. The Bertz CT molecular complexity index is 646. The molecule has 2 aromatic rings. The molecular weight excluding hydrogens is 284 g/mol. The summed E-state index contributed by atoms with van der Waals surface area (Å²) in [7, 11) is 0. The minimum atomic E-state index is -0.600. The van der Waals surface area contributed by atoms with Crippen molar-refractivity contribution < 1.29 is 14.0 Å². The van der Waals surface area contributed by atoms with Crippen LogP contribution in [0, 0.1) is 10.1 Å². The molecule has 0 fully saturated rings. The molecule has 6 nitrogen and oxygen atoms in total. The van der Waals surface area contributed by atoms with Gasteiger partial charge in [0.15, 0.2) is 5.75 Å². The van der Waals surface area contributed by atoms with Crippen LogP contribution in [-0.2, 0) is 0 Å². The van der Waals surface area contributed by atoms with Crippen molar-refractivity contribution in [2.75, 3.05) is 5.32 Å². The number of nitrogens with one attached hydrogen (secondary N) is 1. The molecule has 0 aliphatic carbocycles. The van der Waals surface area contributed by atoms with Gasteiger partial charge in [0.1, 0.15) is 11.9 Å². The first-order valence-electron chi connectivity index (χ1n) is 5.55. The number of nitrogens with zero attached hydrogens (tertiary/aromatic N) is 1. The molecule has 0 radical (unpaired) electrons. The average Bonchev–Trinajstić information content (AvgIpc) is 2.47. The lowest BCUT2D eigenvalue weighted by atomic mass is 10.1. The second kappa shape index (κ2) is 6.03. The number of carbonyl (C=O) groups is 1. The molecule has 0 aliphatic rings. The molecule has 0 heterocycles. The number of nitro benzene ring substituents is 1. The third kappa shape index (κ3) is 3.04. The van der Waals surface area contributed by atoms with Crippen LogP contribution in [0.5, 0.6) is 5.75 Å². The molecule has 0 aliphatic heterocycles. The van der Waals surface area contributed by atoms with Crippen LogP contribution in [0.15, 0.2) is 48.5 Å². The topological polar surface area (TPSA) is 81.5 Å². The van der Waals surface area contributed by atoms with Gasteiger partial charge in [-0.05, 0) is 18.2 Å². The standard InChI is InChI=1S/C13H9ClN2O4/c14-20-12-7-6-10(16(18)19)8-11(12)13(17)15-9-4-2-1-3-5-9/h1-8H,(H,15,17). The second-order valence-electron chi connectivity index (χ2n) is 3.83. The van der Waals surface area contributed by atoms with Gasteiger partial charge in [-0.3, -0.25) is 14.9 Å². The third-order valence-electron chi connectivity index (χ3n) is 2.53. The van der Waals surface area contributed by atoms with Crippen molar-refractivity contribution in [3.05, 3.63) is 64.2 Å². The number of hydrogen-bond donors (Lipinski definition) is 1. The summed E-state index contributed by atoms with van der Waals surface area (Å²) in [6.07, 6.45) is 0. The van der Waals surface area contributed by atoms with Crippen LogP contribution in [0.1, 0.15) is 10.4 Å². The Kier molecular flexibility index (Phi) is 4.17. The monoisotopic (exact) mass is 292 g/mol. The lowest BCUT2D eigenvalue weighted by Gasteiger charge is -2.07. The van der Waals surface area contributed by atoms with Crippen molar-refractivity contribution in [3.63, 3.8) is 0 Å². The van der Waals surface area contributed by atoms with Gasteiger partial charge in [0.2, 0.25) is 0 Å². The van der Waals surface area contributed by atoms with Gasteiger partial charge in [-0.2, -0.15) is 0 Å². The maximum atomic E-state index is 12.1. The van der Waals surface area contributed by atoms with E-state index in [1.54, 1.807) is 30.3 Å². The second-order valence-corrected chi connectivity index (χ2v) is 3.99. The summed E-state index contributed by atoms with van der Waals surface area (Å²) in [5, 5.41) is 13.3. The van der Waals surface area contributed by atoms with E-state index < -0.39 is 10.8 Å². The molecule has 1 amide bonds. The highest BCUT2D eigenvalue weighted by Crippen LogP contribution is 2.26.